The van der Waals surface area contributed by atoms with Gasteiger partial charge in [0.1, 0.15) is 12.7 Å². The molecule has 2 aromatic rings. The number of aliphatic hydroxyl groups is 1. The summed E-state index contributed by atoms with van der Waals surface area (Å²) in [5, 5.41) is 10.6. The van der Waals surface area contributed by atoms with E-state index in [0.29, 0.717) is 30.8 Å². The van der Waals surface area contributed by atoms with Crippen molar-refractivity contribution in [1.82, 2.24) is 4.90 Å². The van der Waals surface area contributed by atoms with E-state index >= 15 is 0 Å². The summed E-state index contributed by atoms with van der Waals surface area (Å²) >= 11 is 0. The fraction of sp³-hybridized carbons (Fsp3) is 0.348. The third kappa shape index (κ3) is 4.44. The topological polar surface area (TPSA) is 99.6 Å². The average molecular weight is 439 g/mol. The highest BCUT2D eigenvalue weighted by Crippen LogP contribution is 2.27. The maximum Gasteiger partial charge on any atom is 0.414 e. The Labute approximate surface area is 185 Å². The highest BCUT2D eigenvalue weighted by Gasteiger charge is 2.35. The Hall–Kier alpha value is -3.43. The predicted molar refractivity (Wildman–Crippen MR) is 116 cm³/mol. The molecule has 0 radical (unpaired) electrons. The highest BCUT2D eigenvalue weighted by molar-refractivity contribution is 5.95. The molecule has 0 bridgehead atoms. The summed E-state index contributed by atoms with van der Waals surface area (Å²) in [5.41, 5.74) is 2.84. The lowest BCUT2D eigenvalue weighted by molar-refractivity contribution is -0.130. The number of hydrogen-bond acceptors (Lipinski definition) is 6. The number of amides is 3. The number of cyclic esters (lactones) is 1. The Kier molecular flexibility index (Phi) is 6.38. The van der Waals surface area contributed by atoms with E-state index in [1.54, 1.807) is 41.3 Å². The molecule has 2 aromatic carbocycles. The van der Waals surface area contributed by atoms with E-state index in [1.165, 1.54) is 9.80 Å². The second-order valence-corrected chi connectivity index (χ2v) is 7.76. The van der Waals surface area contributed by atoms with Gasteiger partial charge in [-0.15, -0.1) is 0 Å². The van der Waals surface area contributed by atoms with Crippen LogP contribution in [0.5, 0.6) is 0 Å². The molecule has 9 heteroatoms. The summed E-state index contributed by atoms with van der Waals surface area (Å²) in [6.45, 7) is 3.17. The van der Waals surface area contributed by atoms with E-state index in [4.69, 9.17) is 9.47 Å². The Morgan fingerprint density at radius 2 is 1.81 bits per heavy atom. The summed E-state index contributed by atoms with van der Waals surface area (Å²) in [5.74, 6) is -0.106. The summed E-state index contributed by atoms with van der Waals surface area (Å²) in [4.78, 5) is 40.4. The zero-order valence-corrected chi connectivity index (χ0v) is 17.7. The van der Waals surface area contributed by atoms with Crippen molar-refractivity contribution in [3.8, 4) is 0 Å². The molecular formula is C23H25N3O6. The van der Waals surface area contributed by atoms with Gasteiger partial charge in [0, 0.05) is 23.5 Å². The van der Waals surface area contributed by atoms with Crippen LogP contribution in [0.25, 0.3) is 0 Å². The van der Waals surface area contributed by atoms with Crippen molar-refractivity contribution < 1.29 is 29.0 Å². The van der Waals surface area contributed by atoms with Crippen LogP contribution in [0.1, 0.15) is 17.4 Å². The van der Waals surface area contributed by atoms with E-state index < -0.39 is 18.4 Å². The first-order valence-electron chi connectivity index (χ1n) is 10.4. The Bertz CT molecular complexity index is 995. The van der Waals surface area contributed by atoms with Crippen LogP contribution in [0.2, 0.25) is 0 Å². The molecule has 0 saturated carbocycles. The molecule has 2 saturated heterocycles. The van der Waals surface area contributed by atoms with Gasteiger partial charge < -0.3 is 24.4 Å². The quantitative estimate of drug-likeness (QED) is 0.522. The summed E-state index contributed by atoms with van der Waals surface area (Å²) in [6, 6.07) is 14.3. The molecule has 32 heavy (non-hydrogen) atoms. The number of rotatable bonds is 7. The van der Waals surface area contributed by atoms with Crippen LogP contribution in [0.3, 0.4) is 0 Å². The number of carbonyl (C=O) groups excluding carboxylic acids is 3. The van der Waals surface area contributed by atoms with Gasteiger partial charge in [0.25, 0.3) is 5.91 Å². The molecule has 2 fully saturated rings. The van der Waals surface area contributed by atoms with Crippen molar-refractivity contribution in [3.05, 3.63) is 59.7 Å². The average Bonchev–Trinajstić information content (AvgIpc) is 3.18. The minimum Gasteiger partial charge on any atom is -0.442 e. The van der Waals surface area contributed by atoms with E-state index in [2.05, 4.69) is 0 Å². The number of anilines is 2. The van der Waals surface area contributed by atoms with Crippen LogP contribution in [0, 0.1) is 6.92 Å². The lowest BCUT2D eigenvalue weighted by Crippen LogP contribution is -2.41. The van der Waals surface area contributed by atoms with Crippen LogP contribution in [-0.4, -0.2) is 67.4 Å². The second-order valence-electron chi connectivity index (χ2n) is 7.76. The minimum atomic E-state index is -1.13. The van der Waals surface area contributed by atoms with Crippen LogP contribution < -0.4 is 9.80 Å². The molecule has 2 aliphatic rings. The van der Waals surface area contributed by atoms with Crippen LogP contribution >= 0.6 is 0 Å². The number of aryl methyl sites for hydroxylation is 1. The molecule has 9 nitrogen and oxygen atoms in total. The van der Waals surface area contributed by atoms with Gasteiger partial charge in [0.2, 0.25) is 6.41 Å². The monoisotopic (exact) mass is 439 g/mol. The Balaban J connectivity index is 1.42. The lowest BCUT2D eigenvalue weighted by Gasteiger charge is -2.27. The third-order valence-electron chi connectivity index (χ3n) is 5.66. The molecular weight excluding hydrogens is 414 g/mol. The highest BCUT2D eigenvalue weighted by atomic mass is 16.6. The lowest BCUT2D eigenvalue weighted by atomic mass is 10.1. The van der Waals surface area contributed by atoms with Crippen molar-refractivity contribution in [2.24, 2.45) is 0 Å². The fourth-order valence-electron chi connectivity index (χ4n) is 3.92. The van der Waals surface area contributed by atoms with E-state index in [9.17, 15) is 19.5 Å². The molecule has 1 N–H and O–H groups in total. The van der Waals surface area contributed by atoms with Crippen molar-refractivity contribution >= 4 is 29.8 Å². The largest absolute Gasteiger partial charge is 0.442 e. The first kappa shape index (κ1) is 21.8. The van der Waals surface area contributed by atoms with Crippen molar-refractivity contribution in [3.63, 3.8) is 0 Å². The smallest absolute Gasteiger partial charge is 0.414 e. The van der Waals surface area contributed by atoms with E-state index in [0.717, 1.165) is 11.3 Å². The molecule has 2 aliphatic heterocycles. The van der Waals surface area contributed by atoms with Crippen LogP contribution in [-0.2, 0) is 19.1 Å². The normalized spacial score (nSPS) is 19.6. The van der Waals surface area contributed by atoms with Gasteiger partial charge in [-0.2, -0.15) is 0 Å². The maximum atomic E-state index is 12.4. The van der Waals surface area contributed by atoms with Crippen molar-refractivity contribution in [2.45, 2.75) is 19.3 Å². The first-order valence-corrected chi connectivity index (χ1v) is 10.4. The molecule has 2 heterocycles. The number of nitrogens with zero attached hydrogens (tertiary/aromatic N) is 3. The van der Waals surface area contributed by atoms with Gasteiger partial charge >= 0.3 is 6.09 Å². The summed E-state index contributed by atoms with van der Waals surface area (Å²) in [7, 11) is 0. The van der Waals surface area contributed by atoms with Crippen LogP contribution in [0.15, 0.2) is 48.5 Å². The maximum absolute atomic E-state index is 12.4. The third-order valence-corrected chi connectivity index (χ3v) is 5.66. The molecule has 0 spiro atoms. The molecule has 2 atom stereocenters. The van der Waals surface area contributed by atoms with Gasteiger partial charge in [-0.05, 0) is 36.8 Å². The SMILES string of the molecule is Cc1ccccc1C(O)N(C=O)CC1CN(c2ccc(N3CCOCC3=O)cc2)C(=O)O1. The molecule has 4 rings (SSSR count). The van der Waals surface area contributed by atoms with Gasteiger partial charge in [-0.3, -0.25) is 14.5 Å². The second kappa shape index (κ2) is 9.37. The van der Waals surface area contributed by atoms with Crippen molar-refractivity contribution in [2.75, 3.05) is 42.6 Å². The molecule has 0 aliphatic carbocycles. The standard InChI is InChI=1S/C23H25N3O6/c1-16-4-2-3-5-20(16)22(29)24(15-27)12-19-13-26(23(30)32-19)18-8-6-17(7-9-18)25-10-11-31-14-21(25)28/h2-9,15,19,22,29H,10-14H2,1H3. The van der Waals surface area contributed by atoms with E-state index in [1.807, 2.05) is 19.1 Å². The first-order chi connectivity index (χ1) is 15.5. The molecule has 0 aromatic heterocycles. The van der Waals surface area contributed by atoms with Crippen molar-refractivity contribution in [1.29, 1.82) is 0 Å². The van der Waals surface area contributed by atoms with Gasteiger partial charge in [0.15, 0.2) is 6.23 Å². The number of aliphatic hydroxyl groups excluding tert-OH is 1. The van der Waals surface area contributed by atoms with E-state index in [-0.39, 0.29) is 25.6 Å². The molecule has 168 valence electrons. The van der Waals surface area contributed by atoms with Gasteiger partial charge in [-0.1, -0.05) is 24.3 Å². The molecule has 2 unspecified atom stereocenters. The Morgan fingerprint density at radius 3 is 2.47 bits per heavy atom. The number of carbonyl (C=O) groups is 3. The Morgan fingerprint density at radius 1 is 1.12 bits per heavy atom. The van der Waals surface area contributed by atoms with Gasteiger partial charge in [-0.25, -0.2) is 4.79 Å². The number of ether oxygens (including phenoxy) is 2. The van der Waals surface area contributed by atoms with Crippen LogP contribution in [0.4, 0.5) is 16.2 Å². The number of benzene rings is 2. The predicted octanol–water partition coefficient (Wildman–Crippen LogP) is 1.83. The zero-order valence-electron chi connectivity index (χ0n) is 17.7. The van der Waals surface area contributed by atoms with Gasteiger partial charge in [0.05, 0.1) is 19.7 Å². The fourth-order valence-corrected chi connectivity index (χ4v) is 3.92. The zero-order chi connectivity index (χ0) is 22.7. The number of hydrogen-bond donors (Lipinski definition) is 1. The molecule has 3 amide bonds. The minimum absolute atomic E-state index is 0.0571. The summed E-state index contributed by atoms with van der Waals surface area (Å²) in [6.07, 6.45) is -1.69. The summed E-state index contributed by atoms with van der Waals surface area (Å²) < 4.78 is 10.6. The number of morpholine rings is 1.